The minimum atomic E-state index is -4.89. The summed E-state index contributed by atoms with van der Waals surface area (Å²) >= 11 is 12.8. The molecule has 1 atom stereocenters. The Morgan fingerprint density at radius 3 is 2.30 bits per heavy atom. The van der Waals surface area contributed by atoms with Crippen molar-refractivity contribution in [1.29, 1.82) is 0 Å². The van der Waals surface area contributed by atoms with Gasteiger partial charge in [-0.05, 0) is 48.6 Å². The number of oxime groups is 1. The molecule has 2 aromatic rings. The van der Waals surface area contributed by atoms with Crippen LogP contribution in [0.5, 0.6) is 0 Å². The van der Waals surface area contributed by atoms with Crippen LogP contribution in [0.4, 0.5) is 26.3 Å². The fourth-order valence-electron chi connectivity index (χ4n) is 4.20. The fourth-order valence-corrected chi connectivity index (χ4v) is 6.02. The van der Waals surface area contributed by atoms with Crippen LogP contribution in [-0.4, -0.2) is 43.0 Å². The van der Waals surface area contributed by atoms with E-state index in [1.54, 1.807) is 5.32 Å². The highest BCUT2D eigenvalue weighted by molar-refractivity contribution is 7.16. The Morgan fingerprint density at radius 2 is 1.68 bits per heavy atom. The number of amides is 2. The van der Waals surface area contributed by atoms with Crippen molar-refractivity contribution in [2.75, 3.05) is 13.1 Å². The van der Waals surface area contributed by atoms with E-state index in [4.69, 9.17) is 28.0 Å². The molecule has 0 fully saturated rings. The minimum absolute atomic E-state index is 0.0152. The molecule has 0 spiro atoms. The standard InChI is InChI=1S/C22H17Cl2F6N3O3S/c23-11-4-10(5-12(24)6-11)20(22(28,29)30)7-15(33-36-20)17-13-2-1-3-14(13)18(37-17)19(35)31-8-16(34)32-9-21(25,26)27/h4-6H,1-3,7-9H2,(H,31,35)(H,32,34). The monoisotopic (exact) mass is 587 g/mol. The summed E-state index contributed by atoms with van der Waals surface area (Å²) in [5.41, 5.74) is -1.93. The van der Waals surface area contributed by atoms with Gasteiger partial charge in [-0.25, -0.2) is 0 Å². The molecule has 2 N–H and O–H groups in total. The first-order chi connectivity index (χ1) is 17.2. The van der Waals surface area contributed by atoms with Crippen LogP contribution in [0, 0.1) is 0 Å². The lowest BCUT2D eigenvalue weighted by molar-refractivity contribution is -0.275. The van der Waals surface area contributed by atoms with Crippen LogP contribution in [0.2, 0.25) is 10.0 Å². The third-order valence-corrected chi connectivity index (χ3v) is 7.61. The molecule has 0 bridgehead atoms. The maximum atomic E-state index is 14.3. The summed E-state index contributed by atoms with van der Waals surface area (Å²) in [6.45, 7) is -2.24. The van der Waals surface area contributed by atoms with Gasteiger partial charge in [-0.15, -0.1) is 11.3 Å². The molecular formula is C22H17Cl2F6N3O3S. The molecule has 2 heterocycles. The highest BCUT2D eigenvalue weighted by atomic mass is 35.5. The van der Waals surface area contributed by atoms with Crippen molar-refractivity contribution in [3.05, 3.63) is 54.7 Å². The van der Waals surface area contributed by atoms with Crippen molar-refractivity contribution < 1.29 is 40.8 Å². The minimum Gasteiger partial charge on any atom is -0.374 e. The molecule has 1 aromatic heterocycles. The van der Waals surface area contributed by atoms with Gasteiger partial charge in [0.15, 0.2) is 0 Å². The van der Waals surface area contributed by atoms with Crippen LogP contribution in [0.3, 0.4) is 0 Å². The summed E-state index contributed by atoms with van der Waals surface area (Å²) in [6.07, 6.45) is -8.59. The van der Waals surface area contributed by atoms with Gasteiger partial charge < -0.3 is 15.5 Å². The summed E-state index contributed by atoms with van der Waals surface area (Å²) < 4.78 is 79.7. The Bertz CT molecular complexity index is 1260. The van der Waals surface area contributed by atoms with Gasteiger partial charge in [-0.3, -0.25) is 9.59 Å². The van der Waals surface area contributed by atoms with Gasteiger partial charge in [0.1, 0.15) is 12.3 Å². The normalized spacial score (nSPS) is 19.3. The largest absolute Gasteiger partial charge is 0.435 e. The van der Waals surface area contributed by atoms with Gasteiger partial charge in [-0.1, -0.05) is 28.4 Å². The zero-order valence-electron chi connectivity index (χ0n) is 18.6. The quantitative estimate of drug-likeness (QED) is 0.436. The first-order valence-corrected chi connectivity index (χ1v) is 12.3. The number of nitrogens with one attached hydrogen (secondary N) is 2. The van der Waals surface area contributed by atoms with E-state index in [1.165, 1.54) is 6.07 Å². The Balaban J connectivity index is 1.57. The second-order valence-electron chi connectivity index (χ2n) is 8.43. The number of thiophene rings is 1. The molecule has 2 amide bonds. The van der Waals surface area contributed by atoms with Crippen LogP contribution in [0.15, 0.2) is 23.4 Å². The van der Waals surface area contributed by atoms with Crippen LogP contribution in [-0.2, 0) is 28.1 Å². The number of benzene rings is 1. The van der Waals surface area contributed by atoms with Crippen molar-refractivity contribution in [2.24, 2.45) is 5.16 Å². The molecule has 1 aromatic carbocycles. The van der Waals surface area contributed by atoms with E-state index in [9.17, 15) is 35.9 Å². The maximum absolute atomic E-state index is 14.3. The molecule has 6 nitrogen and oxygen atoms in total. The number of nitrogens with zero attached hydrogens (tertiary/aromatic N) is 1. The first-order valence-electron chi connectivity index (χ1n) is 10.7. The van der Waals surface area contributed by atoms with Crippen LogP contribution in [0.25, 0.3) is 0 Å². The molecule has 15 heteroatoms. The van der Waals surface area contributed by atoms with Crippen molar-refractivity contribution in [3.63, 3.8) is 0 Å². The molecule has 0 radical (unpaired) electrons. The summed E-state index contributed by atoms with van der Waals surface area (Å²) in [4.78, 5) is 29.9. The van der Waals surface area contributed by atoms with Gasteiger partial charge in [0, 0.05) is 15.6 Å². The number of carbonyl (C=O) groups excluding carboxylic acids is 2. The average Bonchev–Trinajstić information content (AvgIpc) is 3.49. The number of rotatable bonds is 6. The van der Waals surface area contributed by atoms with Gasteiger partial charge in [0.05, 0.1) is 22.7 Å². The number of fused-ring (bicyclic) bond motifs is 1. The second-order valence-corrected chi connectivity index (χ2v) is 10.3. The third-order valence-electron chi connectivity index (χ3n) is 5.85. The lowest BCUT2D eigenvalue weighted by Gasteiger charge is -2.29. The van der Waals surface area contributed by atoms with Crippen molar-refractivity contribution >= 4 is 52.1 Å². The smallest absolute Gasteiger partial charge is 0.374 e. The van der Waals surface area contributed by atoms with E-state index in [-0.39, 0.29) is 26.2 Å². The molecule has 1 aliphatic carbocycles. The predicted octanol–water partition coefficient (Wildman–Crippen LogP) is 5.53. The van der Waals surface area contributed by atoms with Gasteiger partial charge in [0.25, 0.3) is 11.5 Å². The number of carbonyl (C=O) groups is 2. The Labute approximate surface area is 219 Å². The molecule has 2 aliphatic rings. The first kappa shape index (κ1) is 27.5. The van der Waals surface area contributed by atoms with E-state index in [0.29, 0.717) is 35.3 Å². The topological polar surface area (TPSA) is 79.8 Å². The second kappa shape index (κ2) is 9.99. The third kappa shape index (κ3) is 5.68. The number of alkyl halides is 6. The highest BCUT2D eigenvalue weighted by Gasteiger charge is 2.62. The van der Waals surface area contributed by atoms with Crippen molar-refractivity contribution in [1.82, 2.24) is 10.6 Å². The molecule has 0 saturated heterocycles. The fraction of sp³-hybridized carbons (Fsp3) is 0.409. The molecule has 1 unspecified atom stereocenters. The van der Waals surface area contributed by atoms with E-state index < -0.39 is 49.3 Å². The average molecular weight is 588 g/mol. The molecule has 4 rings (SSSR count). The molecular weight excluding hydrogens is 571 g/mol. The Hall–Kier alpha value is -2.51. The summed E-state index contributed by atoms with van der Waals surface area (Å²) in [5.74, 6) is -1.76. The van der Waals surface area contributed by atoms with E-state index in [0.717, 1.165) is 23.5 Å². The van der Waals surface area contributed by atoms with E-state index in [1.807, 2.05) is 0 Å². The molecule has 37 heavy (non-hydrogen) atoms. The summed E-state index contributed by atoms with van der Waals surface area (Å²) in [7, 11) is 0. The van der Waals surface area contributed by atoms with Crippen molar-refractivity contribution in [2.45, 2.75) is 43.6 Å². The van der Waals surface area contributed by atoms with Gasteiger partial charge >= 0.3 is 12.4 Å². The van der Waals surface area contributed by atoms with Crippen LogP contribution >= 0.6 is 34.5 Å². The number of halogens is 8. The van der Waals surface area contributed by atoms with Crippen LogP contribution < -0.4 is 10.6 Å². The van der Waals surface area contributed by atoms with Crippen LogP contribution in [0.1, 0.15) is 44.1 Å². The number of hydrogen-bond acceptors (Lipinski definition) is 5. The van der Waals surface area contributed by atoms with Crippen molar-refractivity contribution in [3.8, 4) is 0 Å². The van der Waals surface area contributed by atoms with Gasteiger partial charge in [0.2, 0.25) is 5.91 Å². The lowest BCUT2D eigenvalue weighted by Crippen LogP contribution is -2.42. The molecule has 1 aliphatic heterocycles. The SMILES string of the molecule is O=C(CNC(=O)c1sc(C2=NOC(c3cc(Cl)cc(Cl)c3)(C(F)(F)F)C2)c2c1CCC2)NCC(F)(F)F. The van der Waals surface area contributed by atoms with E-state index >= 15 is 0 Å². The summed E-state index contributed by atoms with van der Waals surface area (Å²) in [5, 5.41) is 7.62. The Kier molecular flexibility index (Phi) is 7.43. The molecule has 0 saturated carbocycles. The molecule has 200 valence electrons. The van der Waals surface area contributed by atoms with E-state index in [2.05, 4.69) is 10.5 Å². The number of hydrogen-bond donors (Lipinski definition) is 2. The maximum Gasteiger partial charge on any atom is 0.435 e. The zero-order chi connectivity index (χ0) is 27.2. The highest BCUT2D eigenvalue weighted by Crippen LogP contribution is 2.51. The zero-order valence-corrected chi connectivity index (χ0v) is 20.9. The predicted molar refractivity (Wildman–Crippen MR) is 124 cm³/mol. The summed E-state index contributed by atoms with van der Waals surface area (Å²) in [6, 6.07) is 3.48. The van der Waals surface area contributed by atoms with Gasteiger partial charge in [-0.2, -0.15) is 26.3 Å². The Morgan fingerprint density at radius 1 is 1.03 bits per heavy atom. The lowest BCUT2D eigenvalue weighted by atomic mass is 9.87.